The number of carbonyl (C=O) groups excluding carboxylic acids is 2. The summed E-state index contributed by atoms with van der Waals surface area (Å²) < 4.78 is 5.09. The molecule has 0 radical (unpaired) electrons. The molecule has 132 valence electrons. The summed E-state index contributed by atoms with van der Waals surface area (Å²) in [6.07, 6.45) is 0. The molecule has 5 nitrogen and oxygen atoms in total. The van der Waals surface area contributed by atoms with Gasteiger partial charge >= 0.3 is 0 Å². The first-order valence-electron chi connectivity index (χ1n) is 7.98. The minimum atomic E-state index is -0.190. The summed E-state index contributed by atoms with van der Waals surface area (Å²) >= 11 is 1.41. The molecule has 0 saturated carbocycles. The van der Waals surface area contributed by atoms with Gasteiger partial charge < -0.3 is 15.2 Å². The molecule has 0 aromatic heterocycles. The lowest BCUT2D eigenvalue weighted by Gasteiger charge is -2.07. The average Bonchev–Trinajstić information content (AvgIpc) is 2.66. The van der Waals surface area contributed by atoms with E-state index in [1.807, 2.05) is 24.3 Å². The normalized spacial score (nSPS) is 10.4. The van der Waals surface area contributed by atoms with Crippen LogP contribution in [0.4, 0.5) is 0 Å². The van der Waals surface area contributed by atoms with E-state index in [1.165, 1.54) is 11.8 Å². The quantitative estimate of drug-likeness (QED) is 0.387. The monoisotopic (exact) mass is 359 g/mol. The first-order chi connectivity index (χ1) is 12.2. The molecule has 0 heterocycles. The van der Waals surface area contributed by atoms with Crippen molar-refractivity contribution in [2.24, 2.45) is 0 Å². The highest BCUT2D eigenvalue weighted by molar-refractivity contribution is 8.00. The van der Waals surface area contributed by atoms with Gasteiger partial charge in [-0.15, -0.1) is 11.8 Å². The Balaban J connectivity index is 1.84. The fraction of sp³-hybridized carbons (Fsp3) is 0.263. The molecule has 2 aromatic carbocycles. The van der Waals surface area contributed by atoms with Crippen LogP contribution < -0.4 is 5.32 Å². The molecule has 0 unspecified atom stereocenters. The molecule has 6 heteroatoms. The van der Waals surface area contributed by atoms with E-state index in [0.29, 0.717) is 30.0 Å². The number of nitrogens with one attached hydrogen (secondary N) is 1. The van der Waals surface area contributed by atoms with E-state index in [9.17, 15) is 9.59 Å². The number of aliphatic hydroxyl groups excluding tert-OH is 1. The fourth-order valence-electron chi connectivity index (χ4n) is 2.09. The minimum absolute atomic E-state index is 0.0328. The molecule has 0 saturated heterocycles. The zero-order chi connectivity index (χ0) is 17.9. The van der Waals surface area contributed by atoms with Gasteiger partial charge in [0.05, 0.1) is 25.6 Å². The molecule has 2 aromatic rings. The van der Waals surface area contributed by atoms with Crippen LogP contribution in [0.5, 0.6) is 0 Å². The second kappa shape index (κ2) is 10.7. The SMILES string of the molecule is O=C(CSc1cccc(C(=O)NCCOCCO)c1)c1ccccc1. The summed E-state index contributed by atoms with van der Waals surface area (Å²) in [6.45, 7) is 0.960. The van der Waals surface area contributed by atoms with Crippen molar-refractivity contribution in [1.29, 1.82) is 0 Å². The van der Waals surface area contributed by atoms with Crippen LogP contribution in [0.15, 0.2) is 59.5 Å². The lowest BCUT2D eigenvalue weighted by Crippen LogP contribution is -2.27. The second-order valence-corrected chi connectivity index (χ2v) is 6.25. The average molecular weight is 359 g/mol. The van der Waals surface area contributed by atoms with Crippen LogP contribution in [0.1, 0.15) is 20.7 Å². The molecule has 0 fully saturated rings. The van der Waals surface area contributed by atoms with Gasteiger partial charge in [-0.1, -0.05) is 36.4 Å². The number of aliphatic hydroxyl groups is 1. The Labute approximate surface area is 151 Å². The van der Waals surface area contributed by atoms with Crippen LogP contribution in [0.2, 0.25) is 0 Å². The molecule has 0 atom stereocenters. The number of thioether (sulfide) groups is 1. The van der Waals surface area contributed by atoms with Crippen LogP contribution in [-0.4, -0.2) is 48.9 Å². The Bertz CT molecular complexity index is 691. The smallest absolute Gasteiger partial charge is 0.251 e. The molecule has 2 rings (SSSR count). The number of ether oxygens (including phenoxy) is 1. The zero-order valence-electron chi connectivity index (χ0n) is 13.8. The number of benzene rings is 2. The highest BCUT2D eigenvalue weighted by Gasteiger charge is 2.09. The number of carbonyl (C=O) groups is 2. The van der Waals surface area contributed by atoms with Crippen LogP contribution in [0, 0.1) is 0 Å². The maximum absolute atomic E-state index is 12.1. The number of amides is 1. The topological polar surface area (TPSA) is 75.6 Å². The van der Waals surface area contributed by atoms with Gasteiger partial charge in [-0.2, -0.15) is 0 Å². The van der Waals surface area contributed by atoms with Gasteiger partial charge in [0.1, 0.15) is 0 Å². The second-order valence-electron chi connectivity index (χ2n) is 5.20. The van der Waals surface area contributed by atoms with Gasteiger partial charge in [0.25, 0.3) is 5.91 Å². The number of Topliss-reactive ketones (excluding diaryl/α,β-unsaturated/α-hetero) is 1. The molecular weight excluding hydrogens is 338 g/mol. The first kappa shape index (κ1) is 19.2. The van der Waals surface area contributed by atoms with Crippen LogP contribution in [-0.2, 0) is 4.74 Å². The molecule has 0 bridgehead atoms. The van der Waals surface area contributed by atoms with Crippen molar-refractivity contribution in [3.05, 3.63) is 65.7 Å². The first-order valence-corrected chi connectivity index (χ1v) is 8.97. The van der Waals surface area contributed by atoms with Crippen LogP contribution in [0.25, 0.3) is 0 Å². The molecule has 25 heavy (non-hydrogen) atoms. The Kier molecular flexibility index (Phi) is 8.18. The van der Waals surface area contributed by atoms with Gasteiger partial charge in [-0.25, -0.2) is 0 Å². The van der Waals surface area contributed by atoms with Crippen molar-refractivity contribution >= 4 is 23.5 Å². The number of ketones is 1. The molecule has 0 aliphatic heterocycles. The Hall–Kier alpha value is -2.15. The molecule has 0 aliphatic carbocycles. The van der Waals surface area contributed by atoms with E-state index in [2.05, 4.69) is 5.32 Å². The summed E-state index contributed by atoms with van der Waals surface area (Å²) in [5.74, 6) is 0.190. The Morgan fingerprint density at radius 1 is 1.00 bits per heavy atom. The van der Waals surface area contributed by atoms with E-state index in [4.69, 9.17) is 9.84 Å². The summed E-state index contributed by atoms with van der Waals surface area (Å²) in [6, 6.07) is 16.3. The third-order valence-electron chi connectivity index (χ3n) is 3.33. The van der Waals surface area contributed by atoms with Gasteiger partial charge in [-0.3, -0.25) is 9.59 Å². The summed E-state index contributed by atoms with van der Waals surface area (Å²) in [4.78, 5) is 25.1. The maximum Gasteiger partial charge on any atom is 0.251 e. The molecular formula is C19H21NO4S. The van der Waals surface area contributed by atoms with Gasteiger partial charge in [-0.05, 0) is 18.2 Å². The van der Waals surface area contributed by atoms with Gasteiger partial charge in [0.2, 0.25) is 0 Å². The number of hydrogen-bond acceptors (Lipinski definition) is 5. The molecule has 0 aliphatic rings. The van der Waals surface area contributed by atoms with E-state index in [0.717, 1.165) is 4.90 Å². The Morgan fingerprint density at radius 2 is 1.76 bits per heavy atom. The van der Waals surface area contributed by atoms with Gasteiger partial charge in [0.15, 0.2) is 5.78 Å². The highest BCUT2D eigenvalue weighted by Crippen LogP contribution is 2.20. The predicted octanol–water partition coefficient (Wildman–Crippen LogP) is 2.40. The summed E-state index contributed by atoms with van der Waals surface area (Å²) in [7, 11) is 0. The van der Waals surface area contributed by atoms with Crippen molar-refractivity contribution in [1.82, 2.24) is 5.32 Å². The number of hydrogen-bond donors (Lipinski definition) is 2. The van der Waals surface area contributed by atoms with Crippen molar-refractivity contribution in [3.63, 3.8) is 0 Å². The third-order valence-corrected chi connectivity index (χ3v) is 4.32. The van der Waals surface area contributed by atoms with Crippen LogP contribution in [0.3, 0.4) is 0 Å². The van der Waals surface area contributed by atoms with E-state index < -0.39 is 0 Å². The third kappa shape index (κ3) is 6.70. The highest BCUT2D eigenvalue weighted by atomic mass is 32.2. The molecule has 2 N–H and O–H groups in total. The van der Waals surface area contributed by atoms with E-state index >= 15 is 0 Å². The summed E-state index contributed by atoms with van der Waals surface area (Å²) in [5.41, 5.74) is 1.23. The van der Waals surface area contributed by atoms with E-state index in [-0.39, 0.29) is 24.9 Å². The predicted molar refractivity (Wildman–Crippen MR) is 98.2 cm³/mol. The molecule has 1 amide bonds. The maximum atomic E-state index is 12.1. The van der Waals surface area contributed by atoms with Crippen molar-refractivity contribution < 1.29 is 19.4 Å². The largest absolute Gasteiger partial charge is 0.394 e. The lowest BCUT2D eigenvalue weighted by atomic mass is 10.2. The standard InChI is InChI=1S/C19H21NO4S/c21-10-12-24-11-9-20-19(23)16-7-4-8-17(13-16)25-14-18(22)15-5-2-1-3-6-15/h1-8,13,21H,9-12,14H2,(H,20,23). The van der Waals surface area contributed by atoms with Crippen LogP contribution >= 0.6 is 11.8 Å². The van der Waals surface area contributed by atoms with Crippen molar-refractivity contribution in [2.45, 2.75) is 4.90 Å². The summed E-state index contributed by atoms with van der Waals surface area (Å²) in [5, 5.41) is 11.4. The lowest BCUT2D eigenvalue weighted by molar-refractivity contribution is 0.0838. The zero-order valence-corrected chi connectivity index (χ0v) is 14.6. The minimum Gasteiger partial charge on any atom is -0.394 e. The van der Waals surface area contributed by atoms with Gasteiger partial charge in [0, 0.05) is 22.6 Å². The molecule has 0 spiro atoms. The van der Waals surface area contributed by atoms with E-state index in [1.54, 1.807) is 30.3 Å². The van der Waals surface area contributed by atoms with Crippen molar-refractivity contribution in [2.75, 3.05) is 32.1 Å². The Morgan fingerprint density at radius 3 is 2.52 bits per heavy atom. The number of rotatable bonds is 10. The fourth-order valence-corrected chi connectivity index (χ4v) is 2.94. The van der Waals surface area contributed by atoms with Crippen molar-refractivity contribution in [3.8, 4) is 0 Å².